The van der Waals surface area contributed by atoms with E-state index in [4.69, 9.17) is 23.2 Å². The summed E-state index contributed by atoms with van der Waals surface area (Å²) in [6.07, 6.45) is 1.49. The summed E-state index contributed by atoms with van der Waals surface area (Å²) in [5, 5.41) is 3.75. The minimum Gasteiger partial charge on any atom is -0.354 e. The fourth-order valence-corrected chi connectivity index (χ4v) is 5.08. The van der Waals surface area contributed by atoms with Gasteiger partial charge in [-0.2, -0.15) is 0 Å². The van der Waals surface area contributed by atoms with Crippen LogP contribution in [0.2, 0.25) is 10.0 Å². The lowest BCUT2D eigenvalue weighted by atomic mass is 10.1. The summed E-state index contributed by atoms with van der Waals surface area (Å²) in [6.45, 7) is 8.29. The summed E-state index contributed by atoms with van der Waals surface area (Å²) in [7, 11) is -3.54. The molecule has 1 atom stereocenters. The van der Waals surface area contributed by atoms with E-state index in [1.165, 1.54) is 9.21 Å². The van der Waals surface area contributed by atoms with Crippen molar-refractivity contribution in [3.05, 3.63) is 63.6 Å². The molecule has 198 valence electrons. The molecule has 0 bridgehead atoms. The third kappa shape index (κ3) is 8.98. The number of aryl methyl sites for hydroxylation is 1. The van der Waals surface area contributed by atoms with Gasteiger partial charge in [-0.25, -0.2) is 8.42 Å². The first-order valence-corrected chi connectivity index (χ1v) is 14.5. The molecule has 0 aliphatic rings. The molecule has 0 unspecified atom stereocenters. The van der Waals surface area contributed by atoms with Crippen LogP contribution >= 0.6 is 23.2 Å². The Morgan fingerprint density at radius 1 is 1.06 bits per heavy atom. The molecule has 0 heterocycles. The number of carbonyl (C=O) groups excluding carboxylic acids is 2. The molecule has 0 aliphatic carbocycles. The van der Waals surface area contributed by atoms with Crippen LogP contribution in [0, 0.1) is 12.8 Å². The van der Waals surface area contributed by atoms with Crippen LogP contribution in [-0.4, -0.2) is 50.5 Å². The van der Waals surface area contributed by atoms with Crippen LogP contribution in [0.1, 0.15) is 44.7 Å². The lowest BCUT2D eigenvalue weighted by molar-refractivity contribution is -0.140. The Kier molecular flexibility index (Phi) is 11.1. The summed E-state index contributed by atoms with van der Waals surface area (Å²) < 4.78 is 26.2. The minimum absolute atomic E-state index is 0.0604. The number of hydrogen-bond acceptors (Lipinski definition) is 4. The van der Waals surface area contributed by atoms with E-state index in [1.54, 1.807) is 43.3 Å². The van der Waals surface area contributed by atoms with Crippen molar-refractivity contribution in [1.29, 1.82) is 0 Å². The number of halogens is 2. The van der Waals surface area contributed by atoms with Crippen LogP contribution in [0.3, 0.4) is 0 Å². The van der Waals surface area contributed by atoms with Gasteiger partial charge in [0.1, 0.15) is 6.04 Å². The highest BCUT2D eigenvalue weighted by Crippen LogP contribution is 2.24. The number of sulfonamides is 1. The highest BCUT2D eigenvalue weighted by Gasteiger charge is 2.27. The number of hydrogen-bond donors (Lipinski definition) is 1. The van der Waals surface area contributed by atoms with Gasteiger partial charge in [0.2, 0.25) is 21.8 Å². The first-order valence-electron chi connectivity index (χ1n) is 11.8. The maximum Gasteiger partial charge on any atom is 0.242 e. The Bertz CT molecular complexity index is 1170. The standard InChI is InChI=1S/C26H35Cl2N3O4S/c1-18(2)16-29-26(33)20(4)30(17-21-11-12-22(27)15-24(21)28)25(32)10-7-13-31(36(5,34)35)23-9-6-8-19(3)14-23/h6,8-9,11-12,14-15,18,20H,7,10,13,16-17H2,1-5H3,(H,29,33)/t20-/m0/s1. The first-order chi connectivity index (χ1) is 16.8. The molecule has 0 saturated heterocycles. The summed E-state index contributed by atoms with van der Waals surface area (Å²) in [4.78, 5) is 27.6. The zero-order valence-electron chi connectivity index (χ0n) is 21.4. The zero-order valence-corrected chi connectivity index (χ0v) is 23.8. The molecule has 2 amide bonds. The van der Waals surface area contributed by atoms with E-state index in [0.717, 1.165) is 11.8 Å². The van der Waals surface area contributed by atoms with Crippen LogP contribution in [0.15, 0.2) is 42.5 Å². The van der Waals surface area contributed by atoms with Crippen LogP contribution in [-0.2, 0) is 26.2 Å². The van der Waals surface area contributed by atoms with E-state index < -0.39 is 16.1 Å². The lowest BCUT2D eigenvalue weighted by Gasteiger charge is -2.30. The molecule has 2 aromatic carbocycles. The molecular formula is C26H35Cl2N3O4S. The Morgan fingerprint density at radius 3 is 2.33 bits per heavy atom. The number of rotatable bonds is 12. The van der Waals surface area contributed by atoms with Crippen molar-refractivity contribution in [2.75, 3.05) is 23.7 Å². The number of carbonyl (C=O) groups is 2. The predicted molar refractivity (Wildman–Crippen MR) is 147 cm³/mol. The molecule has 0 aliphatic heterocycles. The average Bonchev–Trinajstić information content (AvgIpc) is 2.78. The molecule has 7 nitrogen and oxygen atoms in total. The van der Waals surface area contributed by atoms with Crippen LogP contribution in [0.5, 0.6) is 0 Å². The van der Waals surface area contributed by atoms with Crippen molar-refractivity contribution in [3.8, 4) is 0 Å². The normalized spacial score (nSPS) is 12.3. The van der Waals surface area contributed by atoms with Gasteiger partial charge < -0.3 is 10.2 Å². The van der Waals surface area contributed by atoms with Gasteiger partial charge in [-0.05, 0) is 61.6 Å². The Hall–Kier alpha value is -2.29. The molecule has 2 aromatic rings. The smallest absolute Gasteiger partial charge is 0.242 e. The Morgan fingerprint density at radius 2 is 1.75 bits per heavy atom. The summed E-state index contributed by atoms with van der Waals surface area (Å²) in [5.41, 5.74) is 2.15. The topological polar surface area (TPSA) is 86.8 Å². The molecule has 2 rings (SSSR count). The van der Waals surface area contributed by atoms with Gasteiger partial charge in [-0.1, -0.05) is 55.2 Å². The van der Waals surface area contributed by atoms with Crippen molar-refractivity contribution in [2.24, 2.45) is 5.92 Å². The molecule has 10 heteroatoms. The maximum atomic E-state index is 13.3. The van der Waals surface area contributed by atoms with Gasteiger partial charge in [0.15, 0.2) is 0 Å². The Labute approximate surface area is 224 Å². The highest BCUT2D eigenvalue weighted by atomic mass is 35.5. The number of benzene rings is 2. The summed E-state index contributed by atoms with van der Waals surface area (Å²) in [5.74, 6) is -0.273. The third-order valence-electron chi connectivity index (χ3n) is 5.65. The van der Waals surface area contributed by atoms with Gasteiger partial charge in [-0.15, -0.1) is 0 Å². The van der Waals surface area contributed by atoms with Gasteiger partial charge in [-0.3, -0.25) is 13.9 Å². The molecule has 0 aromatic heterocycles. The van der Waals surface area contributed by atoms with Gasteiger partial charge in [0.05, 0.1) is 11.9 Å². The van der Waals surface area contributed by atoms with Crippen molar-refractivity contribution in [1.82, 2.24) is 10.2 Å². The molecule has 0 spiro atoms. The fourth-order valence-electron chi connectivity index (χ4n) is 3.66. The second kappa shape index (κ2) is 13.3. The van der Waals surface area contributed by atoms with E-state index in [2.05, 4.69) is 5.32 Å². The first kappa shape index (κ1) is 29.9. The quantitative estimate of drug-likeness (QED) is 0.397. The molecule has 36 heavy (non-hydrogen) atoms. The van der Waals surface area contributed by atoms with E-state index in [0.29, 0.717) is 27.8 Å². The lowest BCUT2D eigenvalue weighted by Crippen LogP contribution is -2.48. The van der Waals surface area contributed by atoms with Crippen molar-refractivity contribution in [2.45, 2.75) is 53.1 Å². The van der Waals surface area contributed by atoms with E-state index in [-0.39, 0.29) is 43.7 Å². The average molecular weight is 557 g/mol. The molecule has 1 N–H and O–H groups in total. The third-order valence-corrected chi connectivity index (χ3v) is 7.43. The van der Waals surface area contributed by atoms with E-state index in [1.807, 2.05) is 26.8 Å². The Balaban J connectivity index is 2.20. The van der Waals surface area contributed by atoms with Crippen LogP contribution in [0.25, 0.3) is 0 Å². The maximum absolute atomic E-state index is 13.3. The SMILES string of the molecule is Cc1cccc(N(CCCC(=O)N(Cc2ccc(Cl)cc2Cl)[C@@H](C)C(=O)NCC(C)C)S(C)(=O)=O)c1. The van der Waals surface area contributed by atoms with Gasteiger partial charge in [0.25, 0.3) is 0 Å². The fraction of sp³-hybridized carbons (Fsp3) is 0.462. The van der Waals surface area contributed by atoms with Crippen molar-refractivity contribution < 1.29 is 18.0 Å². The monoisotopic (exact) mass is 555 g/mol. The van der Waals surface area contributed by atoms with Gasteiger partial charge >= 0.3 is 0 Å². The number of anilines is 1. The van der Waals surface area contributed by atoms with Gasteiger partial charge in [0, 0.05) is 36.1 Å². The molecule has 0 saturated carbocycles. The zero-order chi connectivity index (χ0) is 27.0. The largest absolute Gasteiger partial charge is 0.354 e. The predicted octanol–water partition coefficient (Wildman–Crippen LogP) is 5.04. The van der Waals surface area contributed by atoms with E-state index >= 15 is 0 Å². The summed E-state index contributed by atoms with van der Waals surface area (Å²) >= 11 is 12.4. The second-order valence-corrected chi connectivity index (χ2v) is 12.1. The van der Waals surface area contributed by atoms with Crippen LogP contribution in [0.4, 0.5) is 5.69 Å². The minimum atomic E-state index is -3.54. The molecular weight excluding hydrogens is 521 g/mol. The van der Waals surface area contributed by atoms with E-state index in [9.17, 15) is 18.0 Å². The highest BCUT2D eigenvalue weighted by molar-refractivity contribution is 7.92. The number of nitrogens with zero attached hydrogens (tertiary/aromatic N) is 2. The van der Waals surface area contributed by atoms with Crippen molar-refractivity contribution >= 4 is 50.7 Å². The molecule has 0 fully saturated rings. The van der Waals surface area contributed by atoms with Crippen LogP contribution < -0.4 is 9.62 Å². The summed E-state index contributed by atoms with van der Waals surface area (Å²) in [6, 6.07) is 11.5. The second-order valence-electron chi connectivity index (χ2n) is 9.35. The number of amides is 2. The number of nitrogens with one attached hydrogen (secondary N) is 1. The van der Waals surface area contributed by atoms with Crippen molar-refractivity contribution in [3.63, 3.8) is 0 Å². The molecule has 0 radical (unpaired) electrons.